The van der Waals surface area contributed by atoms with Gasteiger partial charge in [0, 0.05) is 0 Å². The summed E-state index contributed by atoms with van der Waals surface area (Å²) in [5, 5.41) is 6.14. The average Bonchev–Trinajstić information content (AvgIpc) is 2.96. The fourth-order valence-corrected chi connectivity index (χ4v) is 4.54. The van der Waals surface area contributed by atoms with E-state index in [1.807, 2.05) is 6.07 Å². The second-order valence-electron chi connectivity index (χ2n) is 5.36. The van der Waals surface area contributed by atoms with Crippen LogP contribution in [-0.2, 0) is 14.6 Å². The molecule has 2 aliphatic heterocycles. The summed E-state index contributed by atoms with van der Waals surface area (Å²) in [5.41, 5.74) is 0.713. The van der Waals surface area contributed by atoms with Crippen LogP contribution in [0.25, 0.3) is 0 Å². The van der Waals surface area contributed by atoms with Crippen molar-refractivity contribution in [2.45, 2.75) is 36.2 Å². The first-order valence-electron chi connectivity index (χ1n) is 6.93. The number of carbonyl (C=O) groups excluding carboxylic acids is 1. The minimum atomic E-state index is -3.20. The van der Waals surface area contributed by atoms with Crippen molar-refractivity contribution >= 4 is 28.2 Å². The van der Waals surface area contributed by atoms with Crippen molar-refractivity contribution in [3.8, 4) is 0 Å². The Morgan fingerprint density at radius 1 is 1.24 bits per heavy atom. The smallest absolute Gasteiger partial charge is 0.237 e. The standard InChI is InChI=1S/C14H18N2O3S.ClH/c17-14(12-5-3-8-15-12)16-11-7-9-20(18,19)13-6-2-1-4-10(11)13;/h1-2,4,6,11-12,15H,3,5,7-9H2,(H,16,17);1H. The number of nitrogens with one attached hydrogen (secondary N) is 2. The third-order valence-electron chi connectivity index (χ3n) is 4.00. The topological polar surface area (TPSA) is 75.3 Å². The summed E-state index contributed by atoms with van der Waals surface area (Å²) in [7, 11) is -3.20. The van der Waals surface area contributed by atoms with Crippen LogP contribution in [0.1, 0.15) is 30.9 Å². The van der Waals surface area contributed by atoms with Gasteiger partial charge in [0.25, 0.3) is 0 Å². The van der Waals surface area contributed by atoms with Crippen LogP contribution < -0.4 is 10.6 Å². The van der Waals surface area contributed by atoms with Crippen molar-refractivity contribution in [2.75, 3.05) is 12.3 Å². The van der Waals surface area contributed by atoms with Gasteiger partial charge in [-0.05, 0) is 37.4 Å². The molecule has 3 rings (SSSR count). The number of halogens is 1. The van der Waals surface area contributed by atoms with Crippen molar-refractivity contribution in [3.63, 3.8) is 0 Å². The molecule has 1 amide bonds. The summed E-state index contributed by atoms with van der Waals surface area (Å²) in [6, 6.07) is 6.60. The number of carbonyl (C=O) groups is 1. The zero-order chi connectivity index (χ0) is 14.2. The van der Waals surface area contributed by atoms with Gasteiger partial charge in [-0.1, -0.05) is 18.2 Å². The highest BCUT2D eigenvalue weighted by molar-refractivity contribution is 7.91. The molecule has 2 unspecified atom stereocenters. The van der Waals surface area contributed by atoms with Gasteiger partial charge in [0.2, 0.25) is 5.91 Å². The van der Waals surface area contributed by atoms with E-state index in [-0.39, 0.29) is 36.2 Å². The third-order valence-corrected chi connectivity index (χ3v) is 5.81. The van der Waals surface area contributed by atoms with Gasteiger partial charge in [0.1, 0.15) is 0 Å². The highest BCUT2D eigenvalue weighted by Crippen LogP contribution is 2.31. The number of amides is 1. The van der Waals surface area contributed by atoms with Crippen LogP contribution in [-0.4, -0.2) is 32.7 Å². The van der Waals surface area contributed by atoms with E-state index in [0.29, 0.717) is 16.9 Å². The Morgan fingerprint density at radius 2 is 2.00 bits per heavy atom. The maximum atomic E-state index is 12.2. The molecule has 1 aromatic carbocycles. The molecule has 2 heterocycles. The lowest BCUT2D eigenvalue weighted by atomic mass is 10.0. The molecule has 1 saturated heterocycles. The van der Waals surface area contributed by atoms with Gasteiger partial charge in [-0.2, -0.15) is 0 Å². The van der Waals surface area contributed by atoms with Gasteiger partial charge < -0.3 is 10.6 Å². The quantitative estimate of drug-likeness (QED) is 0.854. The number of hydrogen-bond acceptors (Lipinski definition) is 4. The van der Waals surface area contributed by atoms with E-state index in [4.69, 9.17) is 0 Å². The number of fused-ring (bicyclic) bond motifs is 1. The SMILES string of the molecule is Cl.O=C(NC1CCS(=O)(=O)c2ccccc21)C1CCCN1. The van der Waals surface area contributed by atoms with Gasteiger partial charge in [-0.15, -0.1) is 12.4 Å². The van der Waals surface area contributed by atoms with Gasteiger partial charge in [-0.3, -0.25) is 4.79 Å². The molecule has 0 radical (unpaired) electrons. The van der Waals surface area contributed by atoms with Crippen LogP contribution >= 0.6 is 12.4 Å². The van der Waals surface area contributed by atoms with Crippen molar-refractivity contribution in [2.24, 2.45) is 0 Å². The predicted molar refractivity (Wildman–Crippen MR) is 82.3 cm³/mol. The first-order valence-corrected chi connectivity index (χ1v) is 8.58. The fourth-order valence-electron chi connectivity index (χ4n) is 2.92. The molecule has 0 bridgehead atoms. The fraction of sp³-hybridized carbons (Fsp3) is 0.500. The lowest BCUT2D eigenvalue weighted by Crippen LogP contribution is -2.43. The van der Waals surface area contributed by atoms with E-state index in [9.17, 15) is 13.2 Å². The molecule has 2 N–H and O–H groups in total. The highest BCUT2D eigenvalue weighted by atomic mass is 35.5. The zero-order valence-corrected chi connectivity index (χ0v) is 13.2. The van der Waals surface area contributed by atoms with E-state index in [1.165, 1.54) is 0 Å². The second-order valence-corrected chi connectivity index (χ2v) is 7.43. The van der Waals surface area contributed by atoms with Crippen LogP contribution in [0.15, 0.2) is 29.2 Å². The Kier molecular flexibility index (Phi) is 4.91. The number of hydrogen-bond donors (Lipinski definition) is 2. The Bertz CT molecular complexity index is 627. The van der Waals surface area contributed by atoms with Gasteiger partial charge in [0.15, 0.2) is 9.84 Å². The Labute approximate surface area is 130 Å². The summed E-state index contributed by atoms with van der Waals surface area (Å²) in [6.45, 7) is 0.869. The van der Waals surface area contributed by atoms with Gasteiger partial charge >= 0.3 is 0 Å². The van der Waals surface area contributed by atoms with Crippen molar-refractivity contribution in [3.05, 3.63) is 29.8 Å². The summed E-state index contributed by atoms with van der Waals surface area (Å²) >= 11 is 0. The summed E-state index contributed by atoms with van der Waals surface area (Å²) in [6.07, 6.45) is 2.30. The molecule has 0 aromatic heterocycles. The summed E-state index contributed by atoms with van der Waals surface area (Å²) in [5.74, 6) is 0.0640. The van der Waals surface area contributed by atoms with E-state index >= 15 is 0 Å². The monoisotopic (exact) mass is 330 g/mol. The molecule has 2 aliphatic rings. The van der Waals surface area contributed by atoms with E-state index < -0.39 is 9.84 Å². The van der Waals surface area contributed by atoms with Crippen LogP contribution in [0.3, 0.4) is 0 Å². The largest absolute Gasteiger partial charge is 0.348 e. The minimum Gasteiger partial charge on any atom is -0.348 e. The molecule has 116 valence electrons. The van der Waals surface area contributed by atoms with Crippen LogP contribution in [0.2, 0.25) is 0 Å². The molecule has 7 heteroatoms. The molecule has 0 spiro atoms. The summed E-state index contributed by atoms with van der Waals surface area (Å²) < 4.78 is 24.1. The second kappa shape index (κ2) is 6.34. The molecule has 2 atom stereocenters. The molecule has 5 nitrogen and oxygen atoms in total. The average molecular weight is 331 g/mol. The third kappa shape index (κ3) is 3.22. The molecule has 1 aromatic rings. The van der Waals surface area contributed by atoms with Gasteiger partial charge in [-0.25, -0.2) is 8.42 Å². The Hall–Kier alpha value is -1.11. The highest BCUT2D eigenvalue weighted by Gasteiger charge is 2.32. The first-order chi connectivity index (χ1) is 9.58. The predicted octanol–water partition coefficient (Wildman–Crippen LogP) is 1.20. The van der Waals surface area contributed by atoms with Crippen LogP contribution in [0.5, 0.6) is 0 Å². The molecule has 0 saturated carbocycles. The molecule has 0 aliphatic carbocycles. The van der Waals surface area contributed by atoms with E-state index in [2.05, 4.69) is 10.6 Å². The number of benzene rings is 1. The number of sulfone groups is 1. The normalized spacial score (nSPS) is 26.5. The van der Waals surface area contributed by atoms with Gasteiger partial charge in [0.05, 0.1) is 22.7 Å². The summed E-state index contributed by atoms with van der Waals surface area (Å²) in [4.78, 5) is 12.5. The first kappa shape index (κ1) is 16.3. The Morgan fingerprint density at radius 3 is 2.71 bits per heavy atom. The van der Waals surface area contributed by atoms with Crippen LogP contribution in [0, 0.1) is 0 Å². The lowest BCUT2D eigenvalue weighted by molar-refractivity contribution is -0.123. The maximum absolute atomic E-state index is 12.2. The minimum absolute atomic E-state index is 0. The molecular weight excluding hydrogens is 312 g/mol. The van der Waals surface area contributed by atoms with E-state index in [1.54, 1.807) is 18.2 Å². The zero-order valence-electron chi connectivity index (χ0n) is 11.5. The molecular formula is C14H19ClN2O3S. The van der Waals surface area contributed by atoms with Crippen LogP contribution in [0.4, 0.5) is 0 Å². The van der Waals surface area contributed by atoms with Crippen molar-refractivity contribution in [1.82, 2.24) is 10.6 Å². The van der Waals surface area contributed by atoms with Crippen molar-refractivity contribution in [1.29, 1.82) is 0 Å². The lowest BCUT2D eigenvalue weighted by Gasteiger charge is -2.27. The molecule has 21 heavy (non-hydrogen) atoms. The maximum Gasteiger partial charge on any atom is 0.237 e. The number of rotatable bonds is 2. The Balaban J connectivity index is 0.00000161. The van der Waals surface area contributed by atoms with E-state index in [0.717, 1.165) is 19.4 Å². The van der Waals surface area contributed by atoms with Crippen molar-refractivity contribution < 1.29 is 13.2 Å². The molecule has 1 fully saturated rings.